The van der Waals surface area contributed by atoms with Crippen LogP contribution in [0.1, 0.15) is 25.6 Å². The Bertz CT molecular complexity index is 497. The van der Waals surface area contributed by atoms with Gasteiger partial charge < -0.3 is 14.7 Å². The number of amides is 2. The predicted molar refractivity (Wildman–Crippen MR) is 63.9 cm³/mol. The van der Waals surface area contributed by atoms with Crippen LogP contribution in [0.3, 0.4) is 0 Å². The van der Waals surface area contributed by atoms with Gasteiger partial charge in [-0.25, -0.2) is 0 Å². The van der Waals surface area contributed by atoms with E-state index in [1.165, 1.54) is 6.39 Å². The number of carbonyl (C=O) groups excluding carboxylic acids is 2. The highest BCUT2D eigenvalue weighted by Gasteiger charge is 2.52. The molecule has 2 amide bonds. The third kappa shape index (κ3) is 2.20. The van der Waals surface area contributed by atoms with Crippen LogP contribution in [-0.4, -0.2) is 45.5 Å². The smallest absolute Gasteiger partial charge is 0.248 e. The van der Waals surface area contributed by atoms with Crippen molar-refractivity contribution in [3.8, 4) is 0 Å². The summed E-state index contributed by atoms with van der Waals surface area (Å²) in [5.41, 5.74) is -0.730. The van der Waals surface area contributed by atoms with Gasteiger partial charge in [0, 0.05) is 13.0 Å². The third-order valence-electron chi connectivity index (χ3n) is 3.87. The van der Waals surface area contributed by atoms with Crippen molar-refractivity contribution in [3.05, 3.63) is 12.2 Å². The number of rotatable bonds is 4. The minimum absolute atomic E-state index is 0.00176. The third-order valence-corrected chi connectivity index (χ3v) is 3.87. The Balaban J connectivity index is 1.69. The molecule has 2 fully saturated rings. The minimum Gasteiger partial charge on any atom is -0.343 e. The largest absolute Gasteiger partial charge is 0.343 e. The summed E-state index contributed by atoms with van der Waals surface area (Å²) in [7, 11) is 0. The van der Waals surface area contributed by atoms with Gasteiger partial charge in [-0.05, 0) is 25.7 Å². The Morgan fingerprint density at radius 2 is 2.32 bits per heavy atom. The zero-order chi connectivity index (χ0) is 13.5. The van der Waals surface area contributed by atoms with Gasteiger partial charge in [-0.1, -0.05) is 5.16 Å². The van der Waals surface area contributed by atoms with Gasteiger partial charge in [0.1, 0.15) is 5.54 Å². The first-order valence-corrected chi connectivity index (χ1v) is 6.45. The highest BCUT2D eigenvalue weighted by molar-refractivity contribution is 5.98. The van der Waals surface area contributed by atoms with Gasteiger partial charge in [0.05, 0.1) is 6.54 Å². The standard InChI is InChI=1S/C12H16N4O3/c1-12(8-2-3-8)11(18)16(6-10(17)14-12)5-4-9-13-7-19-15-9/h7-8H,2-6H2,1H3,(H,14,17). The average molecular weight is 264 g/mol. The summed E-state index contributed by atoms with van der Waals surface area (Å²) in [6.45, 7) is 2.37. The number of piperazine rings is 1. The first kappa shape index (κ1) is 12.1. The molecule has 2 heterocycles. The van der Waals surface area contributed by atoms with Gasteiger partial charge in [-0.2, -0.15) is 4.98 Å². The first-order chi connectivity index (χ1) is 9.09. The van der Waals surface area contributed by atoms with E-state index >= 15 is 0 Å². The molecule has 0 spiro atoms. The van der Waals surface area contributed by atoms with E-state index in [4.69, 9.17) is 0 Å². The monoisotopic (exact) mass is 264 g/mol. The van der Waals surface area contributed by atoms with Gasteiger partial charge >= 0.3 is 0 Å². The Morgan fingerprint density at radius 1 is 1.53 bits per heavy atom. The lowest BCUT2D eigenvalue weighted by Crippen LogP contribution is -2.66. The van der Waals surface area contributed by atoms with Gasteiger partial charge in [0.25, 0.3) is 0 Å². The molecular weight excluding hydrogens is 248 g/mol. The van der Waals surface area contributed by atoms with Crippen LogP contribution in [0.25, 0.3) is 0 Å². The number of carbonyl (C=O) groups is 2. The lowest BCUT2D eigenvalue weighted by Gasteiger charge is -2.40. The zero-order valence-electron chi connectivity index (χ0n) is 10.8. The van der Waals surface area contributed by atoms with Crippen LogP contribution in [-0.2, 0) is 16.0 Å². The van der Waals surface area contributed by atoms with Crippen molar-refractivity contribution < 1.29 is 14.1 Å². The second-order valence-electron chi connectivity index (χ2n) is 5.35. The number of aromatic nitrogens is 2. The average Bonchev–Trinajstić information content (AvgIpc) is 3.11. The Kier molecular flexibility index (Phi) is 2.76. The second-order valence-corrected chi connectivity index (χ2v) is 5.35. The lowest BCUT2D eigenvalue weighted by atomic mass is 9.91. The lowest BCUT2D eigenvalue weighted by molar-refractivity contribution is -0.150. The quantitative estimate of drug-likeness (QED) is 0.809. The Hall–Kier alpha value is -1.92. The zero-order valence-corrected chi connectivity index (χ0v) is 10.8. The predicted octanol–water partition coefficient (Wildman–Crippen LogP) is -0.261. The van der Waals surface area contributed by atoms with Crippen LogP contribution < -0.4 is 5.32 Å². The molecule has 1 N–H and O–H groups in total. The van der Waals surface area contributed by atoms with Gasteiger partial charge in [-0.15, -0.1) is 0 Å². The van der Waals surface area contributed by atoms with Gasteiger partial charge in [0.15, 0.2) is 5.82 Å². The van der Waals surface area contributed by atoms with Crippen molar-refractivity contribution in [2.24, 2.45) is 5.92 Å². The van der Waals surface area contributed by atoms with E-state index in [9.17, 15) is 9.59 Å². The molecule has 1 aliphatic heterocycles. The van der Waals surface area contributed by atoms with Gasteiger partial charge in [-0.3, -0.25) is 9.59 Å². The van der Waals surface area contributed by atoms with E-state index in [1.807, 2.05) is 6.92 Å². The topological polar surface area (TPSA) is 88.3 Å². The molecule has 1 aromatic heterocycles. The molecule has 0 aromatic carbocycles. The molecule has 1 unspecified atom stereocenters. The van der Waals surface area contributed by atoms with Crippen LogP contribution in [0.5, 0.6) is 0 Å². The first-order valence-electron chi connectivity index (χ1n) is 6.45. The molecule has 1 aliphatic carbocycles. The molecule has 3 rings (SSSR count). The summed E-state index contributed by atoms with van der Waals surface area (Å²) >= 11 is 0. The molecule has 7 nitrogen and oxygen atoms in total. The number of nitrogens with zero attached hydrogens (tertiary/aromatic N) is 3. The molecule has 0 bridgehead atoms. The summed E-state index contributed by atoms with van der Waals surface area (Å²) in [5.74, 6) is 0.726. The maximum Gasteiger partial charge on any atom is 0.248 e. The van der Waals surface area contributed by atoms with Crippen LogP contribution in [0.4, 0.5) is 0 Å². The van der Waals surface area contributed by atoms with Crippen LogP contribution in [0.15, 0.2) is 10.9 Å². The fourth-order valence-electron chi connectivity index (χ4n) is 2.61. The molecule has 1 atom stereocenters. The normalized spacial score (nSPS) is 27.5. The molecule has 0 radical (unpaired) electrons. The Labute approximate surface area is 110 Å². The molecule has 2 aliphatic rings. The molecular formula is C12H16N4O3. The van der Waals surface area contributed by atoms with Crippen LogP contribution in [0.2, 0.25) is 0 Å². The fraction of sp³-hybridized carbons (Fsp3) is 0.667. The van der Waals surface area contributed by atoms with E-state index in [-0.39, 0.29) is 24.3 Å². The Morgan fingerprint density at radius 3 is 2.95 bits per heavy atom. The molecule has 1 saturated heterocycles. The van der Waals surface area contributed by atoms with E-state index in [0.717, 1.165) is 12.8 Å². The van der Waals surface area contributed by atoms with E-state index < -0.39 is 5.54 Å². The molecule has 19 heavy (non-hydrogen) atoms. The summed E-state index contributed by atoms with van der Waals surface area (Å²) in [4.78, 5) is 29.8. The summed E-state index contributed by atoms with van der Waals surface area (Å²) in [5, 5.41) is 6.55. The van der Waals surface area contributed by atoms with Crippen molar-refractivity contribution in [1.29, 1.82) is 0 Å². The summed E-state index contributed by atoms with van der Waals surface area (Å²) in [6, 6.07) is 0. The van der Waals surface area contributed by atoms with E-state index in [2.05, 4.69) is 20.0 Å². The number of hydrogen-bond donors (Lipinski definition) is 1. The van der Waals surface area contributed by atoms with Gasteiger partial charge in [0.2, 0.25) is 18.2 Å². The van der Waals surface area contributed by atoms with Crippen molar-refractivity contribution in [2.45, 2.75) is 31.7 Å². The molecule has 1 aromatic rings. The van der Waals surface area contributed by atoms with Crippen molar-refractivity contribution in [2.75, 3.05) is 13.1 Å². The van der Waals surface area contributed by atoms with E-state index in [1.54, 1.807) is 4.90 Å². The summed E-state index contributed by atoms with van der Waals surface area (Å²) < 4.78 is 4.65. The van der Waals surface area contributed by atoms with Crippen LogP contribution in [0, 0.1) is 5.92 Å². The van der Waals surface area contributed by atoms with Crippen molar-refractivity contribution in [1.82, 2.24) is 20.4 Å². The highest BCUT2D eigenvalue weighted by atomic mass is 16.5. The van der Waals surface area contributed by atoms with Crippen LogP contribution >= 0.6 is 0 Å². The summed E-state index contributed by atoms with van der Waals surface area (Å²) in [6.07, 6.45) is 3.76. The highest BCUT2D eigenvalue weighted by Crippen LogP contribution is 2.41. The molecule has 102 valence electrons. The minimum atomic E-state index is -0.730. The molecule has 7 heteroatoms. The van der Waals surface area contributed by atoms with Crippen molar-refractivity contribution in [3.63, 3.8) is 0 Å². The van der Waals surface area contributed by atoms with E-state index in [0.29, 0.717) is 18.8 Å². The maximum absolute atomic E-state index is 12.5. The number of nitrogens with one attached hydrogen (secondary N) is 1. The fourth-order valence-corrected chi connectivity index (χ4v) is 2.61. The number of hydrogen-bond acceptors (Lipinski definition) is 5. The SMILES string of the molecule is CC1(C2CC2)NC(=O)CN(CCc2ncon2)C1=O. The molecule has 1 saturated carbocycles. The second kappa shape index (κ2) is 4.32. The maximum atomic E-state index is 12.5. The van der Waals surface area contributed by atoms with Crippen molar-refractivity contribution >= 4 is 11.8 Å².